The average Bonchev–Trinajstić information content (AvgIpc) is 2.14. The molecule has 0 amide bonds. The molecule has 0 aromatic rings. The Bertz CT molecular complexity index is 152. The zero-order valence-corrected chi connectivity index (χ0v) is 9.10. The normalized spacial score (nSPS) is 14.5. The number of oxime groups is 1. The Hall–Kier alpha value is -0.420. The summed E-state index contributed by atoms with van der Waals surface area (Å²) in [5, 5.41) is 14.5. The summed E-state index contributed by atoms with van der Waals surface area (Å²) in [6.45, 7) is 2.91. The van der Waals surface area contributed by atoms with Gasteiger partial charge in [0.1, 0.15) is 5.84 Å². The highest BCUT2D eigenvalue weighted by Gasteiger charge is 2.00. The van der Waals surface area contributed by atoms with E-state index in [9.17, 15) is 0 Å². The van der Waals surface area contributed by atoms with E-state index in [1.165, 1.54) is 0 Å². The number of hydrogen-bond donors (Lipinski definition) is 3. The van der Waals surface area contributed by atoms with E-state index < -0.39 is 0 Å². The minimum atomic E-state index is 0.282. The molecular formula is C8H19N3OS. The lowest BCUT2D eigenvalue weighted by Crippen LogP contribution is -2.30. The first-order chi connectivity index (χ1) is 6.20. The zero-order valence-electron chi connectivity index (χ0n) is 8.29. The van der Waals surface area contributed by atoms with Gasteiger partial charge in [-0.15, -0.1) is 0 Å². The molecule has 0 aliphatic heterocycles. The summed E-state index contributed by atoms with van der Waals surface area (Å²) < 4.78 is 0. The van der Waals surface area contributed by atoms with Crippen LogP contribution >= 0.6 is 11.8 Å². The lowest BCUT2D eigenvalue weighted by molar-refractivity contribution is 0.316. The third-order valence-electron chi connectivity index (χ3n) is 1.76. The van der Waals surface area contributed by atoms with Crippen molar-refractivity contribution < 1.29 is 5.21 Å². The maximum absolute atomic E-state index is 8.27. The van der Waals surface area contributed by atoms with Crippen LogP contribution in [0.3, 0.4) is 0 Å². The zero-order chi connectivity index (χ0) is 10.1. The Kier molecular flexibility index (Phi) is 7.93. The summed E-state index contributed by atoms with van der Waals surface area (Å²) in [5.41, 5.74) is 5.32. The molecule has 0 aliphatic rings. The van der Waals surface area contributed by atoms with Crippen molar-refractivity contribution in [3.05, 3.63) is 0 Å². The van der Waals surface area contributed by atoms with Gasteiger partial charge < -0.3 is 16.3 Å². The minimum Gasteiger partial charge on any atom is -0.409 e. The maximum atomic E-state index is 8.27. The van der Waals surface area contributed by atoms with Gasteiger partial charge in [-0.25, -0.2) is 0 Å². The Labute approximate surface area is 84.0 Å². The van der Waals surface area contributed by atoms with Crippen molar-refractivity contribution in [2.24, 2.45) is 10.9 Å². The fourth-order valence-electron chi connectivity index (χ4n) is 0.893. The quantitative estimate of drug-likeness (QED) is 0.249. The van der Waals surface area contributed by atoms with Gasteiger partial charge in [0.25, 0.3) is 0 Å². The summed E-state index contributed by atoms with van der Waals surface area (Å²) in [6.07, 6.45) is 3.85. The van der Waals surface area contributed by atoms with E-state index in [-0.39, 0.29) is 5.84 Å². The first-order valence-electron chi connectivity index (χ1n) is 4.39. The molecular weight excluding hydrogens is 186 g/mol. The molecule has 4 N–H and O–H groups in total. The van der Waals surface area contributed by atoms with Crippen molar-refractivity contribution in [2.45, 2.75) is 25.8 Å². The lowest BCUT2D eigenvalue weighted by Gasteiger charge is -2.12. The molecule has 0 aromatic carbocycles. The number of nitrogens with zero attached hydrogens (tertiary/aromatic N) is 1. The third kappa shape index (κ3) is 7.93. The van der Waals surface area contributed by atoms with Crippen LogP contribution in [-0.2, 0) is 0 Å². The van der Waals surface area contributed by atoms with Crippen molar-refractivity contribution >= 4 is 17.6 Å². The summed E-state index contributed by atoms with van der Waals surface area (Å²) in [7, 11) is 0. The molecule has 1 atom stereocenters. The lowest BCUT2D eigenvalue weighted by atomic mass is 10.2. The standard InChI is InChI=1S/C8H19N3OS/c1-7(4-6-13-2)10-5-3-8(9)11-12/h7,10,12H,3-6H2,1-2H3,(H2,9,11). The largest absolute Gasteiger partial charge is 0.409 e. The fourth-order valence-corrected chi connectivity index (χ4v) is 1.48. The van der Waals surface area contributed by atoms with Crippen molar-refractivity contribution in [1.82, 2.24) is 5.32 Å². The molecule has 13 heavy (non-hydrogen) atoms. The second-order valence-electron chi connectivity index (χ2n) is 2.98. The molecule has 0 saturated heterocycles. The van der Waals surface area contributed by atoms with Gasteiger partial charge in [-0.3, -0.25) is 0 Å². The smallest absolute Gasteiger partial charge is 0.140 e. The number of thioether (sulfide) groups is 1. The van der Waals surface area contributed by atoms with Crippen LogP contribution in [0.2, 0.25) is 0 Å². The van der Waals surface area contributed by atoms with Crippen molar-refractivity contribution in [3.8, 4) is 0 Å². The van der Waals surface area contributed by atoms with Crippen molar-refractivity contribution in [2.75, 3.05) is 18.6 Å². The van der Waals surface area contributed by atoms with Crippen LogP contribution in [0.1, 0.15) is 19.8 Å². The molecule has 1 unspecified atom stereocenters. The van der Waals surface area contributed by atoms with Crippen LogP contribution in [0.4, 0.5) is 0 Å². The van der Waals surface area contributed by atoms with Crippen LogP contribution in [0.15, 0.2) is 5.16 Å². The number of rotatable bonds is 7. The Morgan fingerprint density at radius 3 is 2.92 bits per heavy atom. The molecule has 78 valence electrons. The molecule has 4 nitrogen and oxygen atoms in total. The Morgan fingerprint density at radius 1 is 1.69 bits per heavy atom. The summed E-state index contributed by atoms with van der Waals surface area (Å²) in [4.78, 5) is 0. The molecule has 0 heterocycles. The summed E-state index contributed by atoms with van der Waals surface area (Å²) in [6, 6.07) is 0.499. The topological polar surface area (TPSA) is 70.6 Å². The monoisotopic (exact) mass is 205 g/mol. The van der Waals surface area contributed by atoms with Gasteiger partial charge >= 0.3 is 0 Å². The molecule has 0 saturated carbocycles. The number of hydrogen-bond acceptors (Lipinski definition) is 4. The Morgan fingerprint density at radius 2 is 2.38 bits per heavy atom. The third-order valence-corrected chi connectivity index (χ3v) is 2.40. The van der Waals surface area contributed by atoms with Crippen LogP contribution < -0.4 is 11.1 Å². The predicted molar refractivity (Wildman–Crippen MR) is 58.5 cm³/mol. The highest BCUT2D eigenvalue weighted by Crippen LogP contribution is 1.99. The van der Waals surface area contributed by atoms with Crippen LogP contribution in [0, 0.1) is 0 Å². The van der Waals surface area contributed by atoms with Crippen LogP contribution in [-0.4, -0.2) is 35.6 Å². The van der Waals surface area contributed by atoms with Gasteiger partial charge in [0, 0.05) is 19.0 Å². The highest BCUT2D eigenvalue weighted by molar-refractivity contribution is 7.98. The van der Waals surface area contributed by atoms with Crippen LogP contribution in [0.25, 0.3) is 0 Å². The molecule has 0 bridgehead atoms. The second-order valence-corrected chi connectivity index (χ2v) is 3.96. The average molecular weight is 205 g/mol. The van der Waals surface area contributed by atoms with Gasteiger partial charge in [0.05, 0.1) is 0 Å². The molecule has 0 aliphatic carbocycles. The van der Waals surface area contributed by atoms with Crippen molar-refractivity contribution in [1.29, 1.82) is 0 Å². The second kappa shape index (κ2) is 8.19. The van der Waals surface area contributed by atoms with Crippen LogP contribution in [0.5, 0.6) is 0 Å². The number of nitrogens with two attached hydrogens (primary N) is 1. The molecule has 0 rings (SSSR count). The molecule has 0 radical (unpaired) electrons. The van der Waals surface area contributed by atoms with E-state index in [1.54, 1.807) is 0 Å². The van der Waals surface area contributed by atoms with E-state index in [2.05, 4.69) is 23.7 Å². The van der Waals surface area contributed by atoms with Gasteiger partial charge in [-0.2, -0.15) is 11.8 Å². The fraction of sp³-hybridized carbons (Fsp3) is 0.875. The maximum Gasteiger partial charge on any atom is 0.140 e. The molecule has 0 spiro atoms. The highest BCUT2D eigenvalue weighted by atomic mass is 32.2. The first-order valence-corrected chi connectivity index (χ1v) is 5.78. The number of nitrogens with one attached hydrogen (secondary N) is 1. The first kappa shape index (κ1) is 12.6. The van der Waals surface area contributed by atoms with Gasteiger partial charge in [-0.1, -0.05) is 5.16 Å². The number of amidine groups is 1. The molecule has 0 fully saturated rings. The predicted octanol–water partition coefficient (Wildman–Crippen LogP) is 0.854. The van der Waals surface area contributed by atoms with Gasteiger partial charge in [-0.05, 0) is 25.4 Å². The van der Waals surface area contributed by atoms with E-state index in [0.717, 1.165) is 18.7 Å². The van der Waals surface area contributed by atoms with E-state index in [1.807, 2.05) is 11.8 Å². The minimum absolute atomic E-state index is 0.282. The molecule has 0 aromatic heterocycles. The van der Waals surface area contributed by atoms with Gasteiger partial charge in [0.15, 0.2) is 0 Å². The van der Waals surface area contributed by atoms with Crippen molar-refractivity contribution in [3.63, 3.8) is 0 Å². The van der Waals surface area contributed by atoms with Gasteiger partial charge in [0.2, 0.25) is 0 Å². The summed E-state index contributed by atoms with van der Waals surface area (Å²) in [5.74, 6) is 1.45. The molecule has 5 heteroatoms. The Balaban J connectivity index is 3.31. The van der Waals surface area contributed by atoms with E-state index in [4.69, 9.17) is 10.9 Å². The summed E-state index contributed by atoms with van der Waals surface area (Å²) >= 11 is 1.85. The SMILES string of the molecule is CSCCC(C)NCCC(N)=NO. The van der Waals surface area contributed by atoms with E-state index >= 15 is 0 Å². The van der Waals surface area contributed by atoms with E-state index in [0.29, 0.717) is 12.5 Å².